The molecule has 2 heteroatoms. The van der Waals surface area contributed by atoms with Crippen molar-refractivity contribution in [3.8, 4) is 16.9 Å². The minimum absolute atomic E-state index is 0.0195. The quantitative estimate of drug-likeness (QED) is 0.207. The summed E-state index contributed by atoms with van der Waals surface area (Å²) in [7, 11) is 2.15. The molecule has 190 valence electrons. The van der Waals surface area contributed by atoms with Gasteiger partial charge in [0.15, 0.2) is 6.20 Å². The van der Waals surface area contributed by atoms with Gasteiger partial charge in [-0.2, -0.15) is 0 Å². The van der Waals surface area contributed by atoms with E-state index in [0.717, 1.165) is 16.7 Å². The molecule has 7 rings (SSSR count). The SMILES string of the molecule is [2H]c1ccc2c3ccccc3n(-c3ccc4c(-c5cc(C(C)(C)C)c6ccccc6c5C)[n+](C)ccc4c3)c2c1. The number of nitrogens with zero attached hydrogens (tertiary/aromatic N) is 2. The molecule has 0 fully saturated rings. The summed E-state index contributed by atoms with van der Waals surface area (Å²) in [5, 5.41) is 7.46. The van der Waals surface area contributed by atoms with Crippen molar-refractivity contribution in [1.29, 1.82) is 0 Å². The molecule has 0 aliphatic carbocycles. The van der Waals surface area contributed by atoms with Crippen molar-refractivity contribution in [3.63, 3.8) is 0 Å². The molecule has 2 nitrogen and oxygen atoms in total. The van der Waals surface area contributed by atoms with E-state index in [1.54, 1.807) is 0 Å². The lowest BCUT2D eigenvalue weighted by atomic mass is 9.80. The van der Waals surface area contributed by atoms with E-state index in [1.165, 1.54) is 54.7 Å². The summed E-state index contributed by atoms with van der Waals surface area (Å²) in [5.74, 6) is 0. The lowest BCUT2D eigenvalue weighted by Crippen LogP contribution is -2.31. The first kappa shape index (κ1) is 22.5. The molecule has 7 aromatic rings. The van der Waals surface area contributed by atoms with Crippen LogP contribution in [-0.4, -0.2) is 4.57 Å². The zero-order valence-electron chi connectivity index (χ0n) is 24.2. The average Bonchev–Trinajstić information content (AvgIpc) is 3.26. The van der Waals surface area contributed by atoms with E-state index in [1.807, 2.05) is 12.1 Å². The highest BCUT2D eigenvalue weighted by Gasteiger charge is 2.25. The normalized spacial score (nSPS) is 12.6. The Morgan fingerprint density at radius 2 is 1.36 bits per heavy atom. The van der Waals surface area contributed by atoms with Gasteiger partial charge in [-0.1, -0.05) is 81.4 Å². The van der Waals surface area contributed by atoms with Gasteiger partial charge in [-0.15, -0.1) is 0 Å². The number of hydrogen-bond donors (Lipinski definition) is 0. The maximum atomic E-state index is 8.31. The summed E-state index contributed by atoms with van der Waals surface area (Å²) >= 11 is 0. The Kier molecular flexibility index (Phi) is 4.94. The van der Waals surface area contributed by atoms with Gasteiger partial charge in [0.1, 0.15) is 7.05 Å². The monoisotopic (exact) mass is 506 g/mol. The molecule has 39 heavy (non-hydrogen) atoms. The lowest BCUT2D eigenvalue weighted by Gasteiger charge is -2.24. The number of para-hydroxylation sites is 2. The van der Waals surface area contributed by atoms with E-state index in [4.69, 9.17) is 1.37 Å². The Labute approximate surface area is 231 Å². The van der Waals surface area contributed by atoms with Crippen LogP contribution in [-0.2, 0) is 12.5 Å². The molecule has 0 saturated heterocycles. The average molecular weight is 507 g/mol. The summed E-state index contributed by atoms with van der Waals surface area (Å²) in [4.78, 5) is 0. The van der Waals surface area contributed by atoms with Crippen molar-refractivity contribution < 1.29 is 5.94 Å². The zero-order chi connectivity index (χ0) is 27.8. The summed E-state index contributed by atoms with van der Waals surface area (Å²) in [5.41, 5.74) is 8.53. The topological polar surface area (TPSA) is 8.81 Å². The summed E-state index contributed by atoms with van der Waals surface area (Å²) in [6.07, 6.45) is 2.18. The van der Waals surface area contributed by atoms with E-state index < -0.39 is 0 Å². The number of fused-ring (bicyclic) bond motifs is 5. The third-order valence-electron chi connectivity index (χ3n) is 8.27. The lowest BCUT2D eigenvalue weighted by molar-refractivity contribution is -0.659. The number of pyridine rings is 1. The Morgan fingerprint density at radius 1 is 0.692 bits per heavy atom. The Balaban J connectivity index is 1.51. The van der Waals surface area contributed by atoms with E-state index >= 15 is 0 Å². The fourth-order valence-corrected chi connectivity index (χ4v) is 6.36. The molecule has 0 atom stereocenters. The highest BCUT2D eigenvalue weighted by molar-refractivity contribution is 6.09. The number of rotatable bonds is 2. The highest BCUT2D eigenvalue weighted by Crippen LogP contribution is 2.39. The standard InChI is InChI=1S/C37H33N2/c1-24-27-12-6-7-13-29(27)33(37(2,3)4)23-32(24)36-28-19-18-26(22-25(28)20-21-38(36)5)39-34-16-10-8-14-30(34)31-15-9-11-17-35(31)39/h6-23H,1-5H3/q+1/i10D. The first-order chi connectivity index (χ1) is 19.2. The van der Waals surface area contributed by atoms with Gasteiger partial charge in [-0.3, -0.25) is 0 Å². The van der Waals surface area contributed by atoms with Crippen LogP contribution in [0.3, 0.4) is 0 Å². The van der Waals surface area contributed by atoms with Gasteiger partial charge in [0.2, 0.25) is 5.69 Å². The Morgan fingerprint density at radius 3 is 2.13 bits per heavy atom. The minimum atomic E-state index is 0.0195. The maximum Gasteiger partial charge on any atom is 0.220 e. The maximum absolute atomic E-state index is 8.31. The number of benzene rings is 5. The van der Waals surface area contributed by atoms with Crippen molar-refractivity contribution in [3.05, 3.63) is 120 Å². The molecule has 0 aliphatic heterocycles. The molecule has 0 unspecified atom stereocenters. The van der Waals surface area contributed by atoms with Crippen LogP contribution in [0.15, 0.2) is 109 Å². The van der Waals surface area contributed by atoms with Gasteiger partial charge in [0.25, 0.3) is 0 Å². The molecule has 2 heterocycles. The van der Waals surface area contributed by atoms with Gasteiger partial charge < -0.3 is 4.57 Å². The molecule has 0 N–H and O–H groups in total. The van der Waals surface area contributed by atoms with Gasteiger partial charge >= 0.3 is 0 Å². The molecule has 2 aromatic heterocycles. The van der Waals surface area contributed by atoms with Crippen molar-refractivity contribution in [2.75, 3.05) is 0 Å². The second-order valence-electron chi connectivity index (χ2n) is 11.7. The predicted octanol–water partition coefficient (Wildman–Crippen LogP) is 9.19. The smallest absolute Gasteiger partial charge is 0.220 e. The van der Waals surface area contributed by atoms with E-state index in [-0.39, 0.29) is 5.41 Å². The van der Waals surface area contributed by atoms with Crippen molar-refractivity contribution in [1.82, 2.24) is 4.57 Å². The fourth-order valence-electron chi connectivity index (χ4n) is 6.36. The van der Waals surface area contributed by atoms with Crippen LogP contribution in [0.1, 0.15) is 33.3 Å². The minimum Gasteiger partial charge on any atom is -0.309 e. The third kappa shape index (κ3) is 3.59. The number of aryl methyl sites for hydroxylation is 2. The van der Waals surface area contributed by atoms with Crippen LogP contribution >= 0.6 is 0 Å². The molecule has 0 bridgehead atoms. The number of aromatic nitrogens is 2. The van der Waals surface area contributed by atoms with Crippen LogP contribution in [0.5, 0.6) is 0 Å². The van der Waals surface area contributed by atoms with Crippen molar-refractivity contribution in [2.45, 2.75) is 33.1 Å². The Hall–Kier alpha value is -4.43. The summed E-state index contributed by atoms with van der Waals surface area (Å²) in [6.45, 7) is 9.17. The first-order valence-corrected chi connectivity index (χ1v) is 13.7. The second-order valence-corrected chi connectivity index (χ2v) is 11.7. The van der Waals surface area contributed by atoms with Crippen LogP contribution in [0.25, 0.3) is 60.3 Å². The molecular formula is C37H33N2+. The second kappa shape index (κ2) is 8.54. The summed E-state index contributed by atoms with van der Waals surface area (Å²) < 4.78 is 12.9. The third-order valence-corrected chi connectivity index (χ3v) is 8.27. The van der Waals surface area contributed by atoms with Gasteiger partial charge in [-0.05, 0) is 76.0 Å². The van der Waals surface area contributed by atoms with Crippen LogP contribution < -0.4 is 4.57 Å². The van der Waals surface area contributed by atoms with E-state index in [2.05, 4.69) is 135 Å². The molecule has 0 aliphatic rings. The van der Waals surface area contributed by atoms with E-state index in [9.17, 15) is 0 Å². The largest absolute Gasteiger partial charge is 0.309 e. The van der Waals surface area contributed by atoms with Crippen LogP contribution in [0.2, 0.25) is 0 Å². The first-order valence-electron chi connectivity index (χ1n) is 14.2. The number of hydrogen-bond acceptors (Lipinski definition) is 0. The summed E-state index contributed by atoms with van der Waals surface area (Å²) in [6, 6.07) is 35.2. The van der Waals surface area contributed by atoms with E-state index in [0.29, 0.717) is 6.04 Å². The van der Waals surface area contributed by atoms with Gasteiger partial charge in [0, 0.05) is 22.5 Å². The molecule has 0 saturated carbocycles. The predicted molar refractivity (Wildman–Crippen MR) is 166 cm³/mol. The molecule has 0 amide bonds. The molecule has 5 aromatic carbocycles. The highest BCUT2D eigenvalue weighted by atomic mass is 15.0. The molecule has 0 radical (unpaired) electrons. The van der Waals surface area contributed by atoms with Gasteiger partial charge in [-0.25, -0.2) is 4.57 Å². The Bertz CT molecular complexity index is 2130. The van der Waals surface area contributed by atoms with Crippen molar-refractivity contribution in [2.24, 2.45) is 7.05 Å². The zero-order valence-corrected chi connectivity index (χ0v) is 23.2. The van der Waals surface area contributed by atoms with Crippen molar-refractivity contribution >= 4 is 43.4 Å². The molecule has 0 spiro atoms. The van der Waals surface area contributed by atoms with Gasteiger partial charge in [0.05, 0.1) is 23.4 Å². The fraction of sp³-hybridized carbons (Fsp3) is 0.162. The van der Waals surface area contributed by atoms with Crippen LogP contribution in [0.4, 0.5) is 0 Å². The van der Waals surface area contributed by atoms with Crippen LogP contribution in [0, 0.1) is 6.92 Å². The molecular weight excluding hydrogens is 472 g/mol.